The van der Waals surface area contributed by atoms with Gasteiger partial charge < -0.3 is 10.2 Å². The summed E-state index contributed by atoms with van der Waals surface area (Å²) in [5, 5.41) is 3.54. The van der Waals surface area contributed by atoms with Crippen LogP contribution in [0.2, 0.25) is 0 Å². The molecule has 3 heteroatoms. The number of hydrogen-bond donors (Lipinski definition) is 1. The normalized spacial score (nSPS) is 11.1. The van der Waals surface area contributed by atoms with E-state index in [1.54, 1.807) is 0 Å². The van der Waals surface area contributed by atoms with Crippen molar-refractivity contribution in [1.29, 1.82) is 0 Å². The van der Waals surface area contributed by atoms with Gasteiger partial charge in [0.25, 0.3) is 0 Å². The van der Waals surface area contributed by atoms with Gasteiger partial charge in [0.2, 0.25) is 0 Å². The first-order chi connectivity index (χ1) is 10.1. The van der Waals surface area contributed by atoms with Crippen molar-refractivity contribution < 1.29 is 0 Å². The third kappa shape index (κ3) is 4.95. The van der Waals surface area contributed by atoms with E-state index in [-0.39, 0.29) is 0 Å². The van der Waals surface area contributed by atoms with Gasteiger partial charge in [-0.3, -0.25) is 0 Å². The highest BCUT2D eigenvalue weighted by Crippen LogP contribution is 2.17. The highest BCUT2D eigenvalue weighted by Gasteiger charge is 2.03. The van der Waals surface area contributed by atoms with Crippen LogP contribution in [0.5, 0.6) is 0 Å². The molecule has 2 aromatic rings. The van der Waals surface area contributed by atoms with Gasteiger partial charge in [0.05, 0.1) is 0 Å². The van der Waals surface area contributed by atoms with E-state index < -0.39 is 0 Å². The summed E-state index contributed by atoms with van der Waals surface area (Å²) in [6.45, 7) is 4.90. The van der Waals surface area contributed by atoms with E-state index in [9.17, 15) is 0 Å². The van der Waals surface area contributed by atoms with Crippen molar-refractivity contribution in [2.45, 2.75) is 26.6 Å². The molecule has 0 aliphatic rings. The van der Waals surface area contributed by atoms with Gasteiger partial charge >= 0.3 is 0 Å². The van der Waals surface area contributed by atoms with Gasteiger partial charge in [0.15, 0.2) is 0 Å². The maximum absolute atomic E-state index is 3.54. The van der Waals surface area contributed by atoms with E-state index in [4.69, 9.17) is 0 Å². The second kappa shape index (κ2) is 7.74. The van der Waals surface area contributed by atoms with Crippen LogP contribution in [0.3, 0.4) is 0 Å². The topological polar surface area (TPSA) is 15.3 Å². The van der Waals surface area contributed by atoms with Gasteiger partial charge in [0.1, 0.15) is 0 Å². The van der Waals surface area contributed by atoms with Crippen LogP contribution in [-0.4, -0.2) is 19.0 Å². The summed E-state index contributed by atoms with van der Waals surface area (Å²) in [5.41, 5.74) is 5.37. The minimum atomic E-state index is 0.893. The highest BCUT2D eigenvalue weighted by molar-refractivity contribution is 9.10. The fourth-order valence-corrected chi connectivity index (χ4v) is 2.63. The van der Waals surface area contributed by atoms with E-state index in [0.29, 0.717) is 0 Å². The molecule has 2 rings (SSSR count). The minimum absolute atomic E-state index is 0.893. The predicted molar refractivity (Wildman–Crippen MR) is 93.3 cm³/mol. The van der Waals surface area contributed by atoms with Gasteiger partial charge in [-0.2, -0.15) is 0 Å². The first-order valence-corrected chi connectivity index (χ1v) is 8.03. The lowest BCUT2D eigenvalue weighted by Gasteiger charge is -2.15. The molecule has 0 aliphatic heterocycles. The predicted octanol–water partition coefficient (Wildman–Crippen LogP) is 4.11. The van der Waals surface area contributed by atoms with Gasteiger partial charge in [-0.25, -0.2) is 0 Å². The lowest BCUT2D eigenvalue weighted by molar-refractivity contribution is 0.400. The lowest BCUT2D eigenvalue weighted by atomic mass is 10.1. The van der Waals surface area contributed by atoms with Crippen LogP contribution in [-0.2, 0) is 19.6 Å². The zero-order valence-corrected chi connectivity index (χ0v) is 14.6. The Bertz CT molecular complexity index is 594. The van der Waals surface area contributed by atoms with Gasteiger partial charge in [-0.1, -0.05) is 52.3 Å². The van der Waals surface area contributed by atoms with Crippen LogP contribution < -0.4 is 5.32 Å². The molecule has 0 unspecified atom stereocenters. The van der Waals surface area contributed by atoms with Crippen LogP contribution in [0.1, 0.15) is 22.3 Å². The Kier molecular flexibility index (Phi) is 5.97. The van der Waals surface area contributed by atoms with Crippen molar-refractivity contribution in [3.8, 4) is 0 Å². The first kappa shape index (κ1) is 16.2. The molecule has 0 aromatic heterocycles. The number of halogens is 1. The number of nitrogens with zero attached hydrogens (tertiary/aromatic N) is 1. The lowest BCUT2D eigenvalue weighted by Crippen LogP contribution is -2.17. The Hall–Kier alpha value is -1.16. The summed E-state index contributed by atoms with van der Waals surface area (Å²) in [6.07, 6.45) is 0. The number of rotatable bonds is 6. The summed E-state index contributed by atoms with van der Waals surface area (Å²) in [7, 11) is 4.21. The smallest absolute Gasteiger partial charge is 0.0230 e. The molecule has 0 saturated carbocycles. The van der Waals surface area contributed by atoms with Crippen molar-refractivity contribution in [1.82, 2.24) is 10.2 Å². The average Bonchev–Trinajstić information content (AvgIpc) is 2.44. The highest BCUT2D eigenvalue weighted by atomic mass is 79.9. The molecule has 0 bridgehead atoms. The molecule has 0 radical (unpaired) electrons. The molecule has 2 nitrogen and oxygen atoms in total. The molecule has 0 fully saturated rings. The number of hydrogen-bond acceptors (Lipinski definition) is 2. The second-order valence-corrected chi connectivity index (χ2v) is 6.55. The monoisotopic (exact) mass is 346 g/mol. The van der Waals surface area contributed by atoms with Gasteiger partial charge in [0, 0.05) is 24.1 Å². The molecule has 21 heavy (non-hydrogen) atoms. The zero-order chi connectivity index (χ0) is 15.2. The summed E-state index contributed by atoms with van der Waals surface area (Å²) in [4.78, 5) is 2.21. The second-order valence-electron chi connectivity index (χ2n) is 5.69. The van der Waals surface area contributed by atoms with Crippen LogP contribution >= 0.6 is 15.9 Å². The molecule has 0 atom stereocenters. The minimum Gasteiger partial charge on any atom is -0.309 e. The van der Waals surface area contributed by atoms with Crippen LogP contribution in [0, 0.1) is 6.92 Å². The Balaban J connectivity index is 1.95. The van der Waals surface area contributed by atoms with Crippen molar-refractivity contribution >= 4 is 15.9 Å². The summed E-state index contributed by atoms with van der Waals surface area (Å²) in [6, 6.07) is 15.1. The standard InChI is InChI=1S/C18H23BrN2/c1-14-10-15(8-9-18(14)19)11-20-12-16-6-4-5-7-17(16)13-21(2)3/h4-10,20H,11-13H2,1-3H3. The molecular weight excluding hydrogens is 324 g/mol. The van der Waals surface area contributed by atoms with Crippen molar-refractivity contribution in [3.63, 3.8) is 0 Å². The van der Waals surface area contributed by atoms with E-state index in [1.165, 1.54) is 26.7 Å². The van der Waals surface area contributed by atoms with Gasteiger partial charge in [-0.05, 0) is 49.3 Å². The zero-order valence-electron chi connectivity index (χ0n) is 13.0. The Morgan fingerprint density at radius 2 is 1.71 bits per heavy atom. The average molecular weight is 347 g/mol. The fourth-order valence-electron chi connectivity index (χ4n) is 2.38. The Labute approximate surface area is 136 Å². The quantitative estimate of drug-likeness (QED) is 0.846. The van der Waals surface area contributed by atoms with E-state index >= 15 is 0 Å². The number of nitrogens with one attached hydrogen (secondary N) is 1. The Morgan fingerprint density at radius 1 is 1.00 bits per heavy atom. The van der Waals surface area contributed by atoms with Crippen molar-refractivity contribution in [3.05, 3.63) is 69.2 Å². The van der Waals surface area contributed by atoms with Crippen LogP contribution in [0.4, 0.5) is 0 Å². The summed E-state index contributed by atoms with van der Waals surface area (Å²) < 4.78 is 1.17. The molecule has 0 amide bonds. The molecule has 0 aliphatic carbocycles. The molecule has 2 aromatic carbocycles. The van der Waals surface area contributed by atoms with Gasteiger partial charge in [-0.15, -0.1) is 0 Å². The molecule has 0 spiro atoms. The first-order valence-electron chi connectivity index (χ1n) is 7.23. The maximum atomic E-state index is 3.54. The number of aryl methyl sites for hydroxylation is 1. The fraction of sp³-hybridized carbons (Fsp3) is 0.333. The van der Waals surface area contributed by atoms with Crippen LogP contribution in [0.15, 0.2) is 46.9 Å². The molecular formula is C18H23BrN2. The molecule has 1 N–H and O–H groups in total. The van der Waals surface area contributed by atoms with E-state index in [1.807, 2.05) is 0 Å². The molecule has 112 valence electrons. The Morgan fingerprint density at radius 3 is 2.38 bits per heavy atom. The summed E-state index contributed by atoms with van der Waals surface area (Å²) in [5.74, 6) is 0. The maximum Gasteiger partial charge on any atom is 0.0230 e. The van der Waals surface area contributed by atoms with Crippen molar-refractivity contribution in [2.24, 2.45) is 0 Å². The molecule has 0 heterocycles. The summed E-state index contributed by atoms with van der Waals surface area (Å²) >= 11 is 3.54. The number of benzene rings is 2. The van der Waals surface area contributed by atoms with Crippen molar-refractivity contribution in [2.75, 3.05) is 14.1 Å². The third-order valence-electron chi connectivity index (χ3n) is 3.47. The van der Waals surface area contributed by atoms with Crippen LogP contribution in [0.25, 0.3) is 0 Å². The largest absolute Gasteiger partial charge is 0.309 e. The SMILES string of the molecule is Cc1cc(CNCc2ccccc2CN(C)C)ccc1Br. The van der Waals surface area contributed by atoms with E-state index in [2.05, 4.69) is 89.6 Å². The van der Waals surface area contributed by atoms with E-state index in [0.717, 1.165) is 19.6 Å². The molecule has 0 saturated heterocycles. The third-order valence-corrected chi connectivity index (χ3v) is 4.36.